The van der Waals surface area contributed by atoms with Crippen LogP contribution in [0.5, 0.6) is 0 Å². The lowest BCUT2D eigenvalue weighted by atomic mass is 10.2. The first-order valence-electron chi connectivity index (χ1n) is 6.38. The minimum absolute atomic E-state index is 0.0145. The molecule has 2 aromatic rings. The number of hydrogen-bond acceptors (Lipinski definition) is 6. The van der Waals surface area contributed by atoms with Crippen molar-refractivity contribution in [2.45, 2.75) is 24.4 Å². The van der Waals surface area contributed by atoms with Crippen molar-refractivity contribution in [1.82, 2.24) is 10.3 Å². The zero-order valence-electron chi connectivity index (χ0n) is 11.8. The fourth-order valence-corrected chi connectivity index (χ4v) is 2.19. The van der Waals surface area contributed by atoms with E-state index < -0.39 is 22.0 Å². The maximum Gasteiger partial charge on any atom is 0.273 e. The van der Waals surface area contributed by atoms with Gasteiger partial charge in [-0.05, 0) is 24.6 Å². The highest BCUT2D eigenvalue weighted by Gasteiger charge is 2.14. The Balaban J connectivity index is 1.98. The van der Waals surface area contributed by atoms with Gasteiger partial charge in [-0.1, -0.05) is 12.1 Å². The first-order chi connectivity index (χ1) is 10.3. The first-order valence-corrected chi connectivity index (χ1v) is 7.93. The normalized spacial score (nSPS) is 12.9. The van der Waals surface area contributed by atoms with Crippen LogP contribution in [0.3, 0.4) is 0 Å². The zero-order chi connectivity index (χ0) is 16.3. The van der Waals surface area contributed by atoms with Crippen molar-refractivity contribution in [3.63, 3.8) is 0 Å². The van der Waals surface area contributed by atoms with E-state index in [2.05, 4.69) is 10.3 Å². The molecule has 0 aliphatic carbocycles. The van der Waals surface area contributed by atoms with E-state index in [4.69, 9.17) is 15.3 Å². The number of hydrogen-bond donors (Lipinski definition) is 3. The molecule has 0 radical (unpaired) electrons. The maximum atomic E-state index is 11.9. The number of nitrogens with one attached hydrogen (secondary N) is 1. The van der Waals surface area contributed by atoms with Crippen LogP contribution in [0.4, 0.5) is 0 Å². The smallest absolute Gasteiger partial charge is 0.273 e. The molecule has 0 aliphatic heterocycles. The van der Waals surface area contributed by atoms with Crippen molar-refractivity contribution in [2.75, 3.05) is 0 Å². The molecule has 2 rings (SSSR count). The molecule has 8 nitrogen and oxygen atoms in total. The molecule has 5 N–H and O–H groups in total. The molecular weight excluding hydrogens is 308 g/mol. The summed E-state index contributed by atoms with van der Waals surface area (Å²) in [5.74, 6) is -0.131. The second kappa shape index (κ2) is 6.26. The Morgan fingerprint density at radius 2 is 2.00 bits per heavy atom. The molecule has 1 amide bonds. The van der Waals surface area contributed by atoms with Crippen LogP contribution in [-0.4, -0.2) is 19.3 Å². The van der Waals surface area contributed by atoms with Crippen LogP contribution in [0.25, 0.3) is 0 Å². The fraction of sp³-hybridized carbons (Fsp3) is 0.231. The van der Waals surface area contributed by atoms with E-state index in [-0.39, 0.29) is 23.0 Å². The summed E-state index contributed by atoms with van der Waals surface area (Å²) in [6.45, 7) is 1.91. The third kappa shape index (κ3) is 3.91. The van der Waals surface area contributed by atoms with E-state index in [9.17, 15) is 13.2 Å². The standard InChI is InChI=1S/C13H16N4O4S/c1-8(14)13-17-11(7-21-13)12(18)16-6-9-2-4-10(5-3-9)22(15,19)20/h2-5,7-8H,6,14H2,1H3,(H,16,18)(H2,15,19,20). The van der Waals surface area contributed by atoms with Crippen LogP contribution >= 0.6 is 0 Å². The Hall–Kier alpha value is -2.23. The van der Waals surface area contributed by atoms with Crippen molar-refractivity contribution in [3.05, 3.63) is 47.7 Å². The number of benzene rings is 1. The Labute approximate surface area is 127 Å². The van der Waals surface area contributed by atoms with Gasteiger partial charge in [-0.3, -0.25) is 4.79 Å². The average molecular weight is 324 g/mol. The topological polar surface area (TPSA) is 141 Å². The average Bonchev–Trinajstić information content (AvgIpc) is 2.94. The van der Waals surface area contributed by atoms with Gasteiger partial charge in [-0.15, -0.1) is 0 Å². The van der Waals surface area contributed by atoms with Crippen LogP contribution in [0, 0.1) is 0 Å². The molecule has 0 bridgehead atoms. The molecule has 1 aromatic heterocycles. The van der Waals surface area contributed by atoms with Gasteiger partial charge in [0.2, 0.25) is 15.9 Å². The quantitative estimate of drug-likeness (QED) is 0.721. The van der Waals surface area contributed by atoms with Gasteiger partial charge in [0.15, 0.2) is 5.69 Å². The molecule has 22 heavy (non-hydrogen) atoms. The Kier molecular flexibility index (Phi) is 4.59. The number of carbonyl (C=O) groups excluding carboxylic acids is 1. The third-order valence-corrected chi connectivity index (χ3v) is 3.78. The second-order valence-corrected chi connectivity index (χ2v) is 6.29. The summed E-state index contributed by atoms with van der Waals surface area (Å²) >= 11 is 0. The molecule has 9 heteroatoms. The third-order valence-electron chi connectivity index (χ3n) is 2.85. The lowest BCUT2D eigenvalue weighted by Gasteiger charge is -2.04. The van der Waals surface area contributed by atoms with Crippen molar-refractivity contribution in [2.24, 2.45) is 10.9 Å². The lowest BCUT2D eigenvalue weighted by molar-refractivity contribution is 0.0946. The highest BCUT2D eigenvalue weighted by Crippen LogP contribution is 2.10. The number of carbonyl (C=O) groups is 1. The van der Waals surface area contributed by atoms with Gasteiger partial charge in [0.25, 0.3) is 5.91 Å². The Morgan fingerprint density at radius 3 is 2.50 bits per heavy atom. The highest BCUT2D eigenvalue weighted by atomic mass is 32.2. The summed E-state index contributed by atoms with van der Waals surface area (Å²) in [5.41, 5.74) is 6.45. The minimum atomic E-state index is -3.72. The summed E-state index contributed by atoms with van der Waals surface area (Å²) < 4.78 is 27.3. The largest absolute Gasteiger partial charge is 0.446 e. The van der Waals surface area contributed by atoms with E-state index in [0.717, 1.165) is 5.56 Å². The summed E-state index contributed by atoms with van der Waals surface area (Å²) in [4.78, 5) is 15.9. The van der Waals surface area contributed by atoms with Crippen LogP contribution in [0.2, 0.25) is 0 Å². The highest BCUT2D eigenvalue weighted by molar-refractivity contribution is 7.89. The number of primary sulfonamides is 1. The van der Waals surface area contributed by atoms with Crippen LogP contribution in [0.15, 0.2) is 39.8 Å². The Bertz CT molecular complexity index is 766. The van der Waals surface area contributed by atoms with Crippen molar-refractivity contribution in [3.8, 4) is 0 Å². The fourth-order valence-electron chi connectivity index (χ4n) is 1.67. The minimum Gasteiger partial charge on any atom is -0.446 e. The number of aromatic nitrogens is 1. The van der Waals surface area contributed by atoms with Crippen LogP contribution in [-0.2, 0) is 16.6 Å². The predicted octanol–water partition coefficient (Wildman–Crippen LogP) is 0.272. The van der Waals surface area contributed by atoms with Crippen LogP contribution < -0.4 is 16.2 Å². The van der Waals surface area contributed by atoms with E-state index in [1.807, 2.05) is 0 Å². The van der Waals surface area contributed by atoms with Gasteiger partial charge in [-0.2, -0.15) is 0 Å². The summed E-state index contributed by atoms with van der Waals surface area (Å²) in [5, 5.41) is 7.65. The Morgan fingerprint density at radius 1 is 1.36 bits per heavy atom. The molecule has 0 spiro atoms. The van der Waals surface area contributed by atoms with E-state index in [1.54, 1.807) is 19.1 Å². The lowest BCUT2D eigenvalue weighted by Crippen LogP contribution is -2.23. The predicted molar refractivity (Wildman–Crippen MR) is 78.1 cm³/mol. The van der Waals surface area contributed by atoms with E-state index in [1.165, 1.54) is 18.4 Å². The second-order valence-electron chi connectivity index (χ2n) is 4.73. The number of sulfonamides is 1. The van der Waals surface area contributed by atoms with Crippen LogP contribution in [0.1, 0.15) is 34.9 Å². The number of nitrogens with two attached hydrogens (primary N) is 2. The van der Waals surface area contributed by atoms with Gasteiger partial charge in [0.1, 0.15) is 6.26 Å². The molecule has 0 saturated carbocycles. The van der Waals surface area contributed by atoms with Crippen molar-refractivity contribution < 1.29 is 17.6 Å². The summed E-state index contributed by atoms with van der Waals surface area (Å²) in [6.07, 6.45) is 1.23. The molecule has 0 saturated heterocycles. The maximum absolute atomic E-state index is 11.9. The van der Waals surface area contributed by atoms with Gasteiger partial charge in [-0.25, -0.2) is 18.5 Å². The van der Waals surface area contributed by atoms with Gasteiger partial charge < -0.3 is 15.5 Å². The molecule has 118 valence electrons. The van der Waals surface area contributed by atoms with Crippen molar-refractivity contribution >= 4 is 15.9 Å². The van der Waals surface area contributed by atoms with E-state index in [0.29, 0.717) is 0 Å². The van der Waals surface area contributed by atoms with Gasteiger partial charge in [0, 0.05) is 6.54 Å². The number of nitrogens with zero attached hydrogens (tertiary/aromatic N) is 1. The molecule has 1 aromatic carbocycles. The van der Waals surface area contributed by atoms with Crippen molar-refractivity contribution in [1.29, 1.82) is 0 Å². The molecule has 1 heterocycles. The van der Waals surface area contributed by atoms with Gasteiger partial charge in [0.05, 0.1) is 10.9 Å². The van der Waals surface area contributed by atoms with Gasteiger partial charge >= 0.3 is 0 Å². The van der Waals surface area contributed by atoms with E-state index >= 15 is 0 Å². The molecule has 1 unspecified atom stereocenters. The first kappa shape index (κ1) is 16.1. The zero-order valence-corrected chi connectivity index (χ0v) is 12.6. The number of oxazole rings is 1. The number of rotatable bonds is 5. The molecule has 0 fully saturated rings. The summed E-state index contributed by atoms with van der Waals surface area (Å²) in [6, 6.07) is 5.49. The summed E-state index contributed by atoms with van der Waals surface area (Å²) in [7, 11) is -3.72. The number of amides is 1. The molecular formula is C13H16N4O4S. The molecule has 0 aliphatic rings. The monoisotopic (exact) mass is 324 g/mol. The SMILES string of the molecule is CC(N)c1nc(C(=O)NCc2ccc(S(N)(=O)=O)cc2)co1. The molecule has 1 atom stereocenters.